The van der Waals surface area contributed by atoms with Crippen LogP contribution in [-0.2, 0) is 10.0 Å². The molecule has 0 unspecified atom stereocenters. The summed E-state index contributed by atoms with van der Waals surface area (Å²) in [6.45, 7) is 1.68. The van der Waals surface area contributed by atoms with Crippen molar-refractivity contribution in [3.63, 3.8) is 0 Å². The van der Waals surface area contributed by atoms with Crippen LogP contribution in [0.4, 0.5) is 10.1 Å². The van der Waals surface area contributed by atoms with Crippen LogP contribution in [0.5, 0.6) is 0 Å². The number of primary sulfonamides is 1. The number of halogens is 1. The van der Waals surface area contributed by atoms with Gasteiger partial charge in [0.25, 0.3) is 5.91 Å². The van der Waals surface area contributed by atoms with Crippen molar-refractivity contribution in [3.8, 4) is 0 Å². The third kappa shape index (κ3) is 3.41. The molecule has 1 amide bonds. The van der Waals surface area contributed by atoms with E-state index in [0.29, 0.717) is 5.56 Å². The molecule has 2 aromatic rings. The highest BCUT2D eigenvalue weighted by molar-refractivity contribution is 7.89. The number of carbonyl (C=O) groups is 1. The summed E-state index contributed by atoms with van der Waals surface area (Å²) in [6, 6.07) is 6.24. The Morgan fingerprint density at radius 3 is 2.67 bits per heavy atom. The second kappa shape index (κ2) is 5.58. The minimum absolute atomic E-state index is 0.123. The lowest BCUT2D eigenvalue weighted by Gasteiger charge is -2.09. The number of sulfonamides is 1. The highest BCUT2D eigenvalue weighted by Crippen LogP contribution is 2.19. The van der Waals surface area contributed by atoms with E-state index in [1.807, 2.05) is 0 Å². The third-order valence-electron chi connectivity index (χ3n) is 2.74. The number of hydrogen-bond acceptors (Lipinski definition) is 4. The average Bonchev–Trinajstić information content (AvgIpc) is 2.40. The fourth-order valence-corrected chi connectivity index (χ4v) is 2.22. The second-order valence-corrected chi connectivity index (χ2v) is 5.87. The minimum Gasteiger partial charge on any atom is -0.318 e. The zero-order chi connectivity index (χ0) is 15.6. The molecule has 8 heteroatoms. The summed E-state index contributed by atoms with van der Waals surface area (Å²) in [4.78, 5) is 15.6. The lowest BCUT2D eigenvalue weighted by molar-refractivity contribution is 0.102. The van der Waals surface area contributed by atoms with E-state index in [-0.39, 0.29) is 16.3 Å². The summed E-state index contributed by atoms with van der Waals surface area (Å²) in [5, 5.41) is 7.25. The molecule has 1 aromatic heterocycles. The molecule has 0 aliphatic heterocycles. The zero-order valence-corrected chi connectivity index (χ0v) is 11.8. The van der Waals surface area contributed by atoms with Gasteiger partial charge in [0.05, 0.1) is 10.6 Å². The Morgan fingerprint density at radius 1 is 1.33 bits per heavy atom. The number of nitrogens with two attached hydrogens (primary N) is 1. The molecule has 0 radical (unpaired) electrons. The molecule has 0 bridgehead atoms. The number of nitrogens with one attached hydrogen (secondary N) is 1. The van der Waals surface area contributed by atoms with Crippen LogP contribution in [0.3, 0.4) is 0 Å². The molecular weight excluding hydrogens is 297 g/mol. The first-order valence-electron chi connectivity index (χ1n) is 5.84. The van der Waals surface area contributed by atoms with Crippen molar-refractivity contribution in [2.24, 2.45) is 5.14 Å². The summed E-state index contributed by atoms with van der Waals surface area (Å²) >= 11 is 0. The van der Waals surface area contributed by atoms with Crippen molar-refractivity contribution in [2.45, 2.75) is 11.8 Å². The van der Waals surface area contributed by atoms with Gasteiger partial charge in [-0.3, -0.25) is 9.78 Å². The summed E-state index contributed by atoms with van der Waals surface area (Å²) in [7, 11) is -3.98. The van der Waals surface area contributed by atoms with Crippen LogP contribution in [0.1, 0.15) is 16.1 Å². The maximum atomic E-state index is 13.7. The number of benzene rings is 1. The quantitative estimate of drug-likeness (QED) is 0.895. The molecule has 0 aliphatic carbocycles. The molecule has 6 nitrogen and oxygen atoms in total. The number of aromatic nitrogens is 1. The first-order valence-corrected chi connectivity index (χ1v) is 7.39. The molecule has 0 saturated carbocycles. The van der Waals surface area contributed by atoms with Crippen LogP contribution in [0, 0.1) is 12.7 Å². The molecule has 1 aromatic carbocycles. The van der Waals surface area contributed by atoms with E-state index in [9.17, 15) is 17.6 Å². The smallest absolute Gasteiger partial charge is 0.274 e. The van der Waals surface area contributed by atoms with Gasteiger partial charge in [-0.2, -0.15) is 0 Å². The number of rotatable bonds is 3. The average molecular weight is 309 g/mol. The van der Waals surface area contributed by atoms with Crippen molar-refractivity contribution < 1.29 is 17.6 Å². The lowest BCUT2D eigenvalue weighted by Crippen LogP contribution is -2.17. The Morgan fingerprint density at radius 2 is 2.05 bits per heavy atom. The summed E-state index contributed by atoms with van der Waals surface area (Å²) < 4.78 is 36.1. The van der Waals surface area contributed by atoms with Crippen molar-refractivity contribution in [3.05, 3.63) is 53.6 Å². The number of aryl methyl sites for hydroxylation is 1. The predicted octanol–water partition coefficient (Wildman–Crippen LogP) is 1.43. The maximum Gasteiger partial charge on any atom is 0.274 e. The minimum atomic E-state index is -3.98. The Labute approximate surface area is 120 Å². The number of hydrogen-bond donors (Lipinski definition) is 2. The Hall–Kier alpha value is -2.32. The molecule has 1 heterocycles. The Bertz CT molecular complexity index is 806. The van der Waals surface area contributed by atoms with Crippen LogP contribution >= 0.6 is 0 Å². The van der Waals surface area contributed by atoms with E-state index in [2.05, 4.69) is 10.3 Å². The van der Waals surface area contributed by atoms with Gasteiger partial charge in [0.15, 0.2) is 0 Å². The number of nitrogens with zero attached hydrogens (tertiary/aromatic N) is 1. The monoisotopic (exact) mass is 309 g/mol. The van der Waals surface area contributed by atoms with Crippen LogP contribution in [-0.4, -0.2) is 19.3 Å². The summed E-state index contributed by atoms with van der Waals surface area (Å²) in [5.41, 5.74) is 0.451. The highest BCUT2D eigenvalue weighted by atomic mass is 32.2. The maximum absolute atomic E-state index is 13.7. The topological polar surface area (TPSA) is 102 Å². The first-order chi connectivity index (χ1) is 9.79. The largest absolute Gasteiger partial charge is 0.318 e. The van der Waals surface area contributed by atoms with Crippen LogP contribution in [0.2, 0.25) is 0 Å². The molecule has 0 fully saturated rings. The normalized spacial score (nSPS) is 11.2. The van der Waals surface area contributed by atoms with Gasteiger partial charge >= 0.3 is 0 Å². The summed E-state index contributed by atoms with van der Waals surface area (Å²) in [6.07, 6.45) is 1.43. The standard InChI is InChI=1S/C13H12FN3O3S/c1-8-3-2-6-16-12(8)13(18)17-11-7-9(21(15,19)20)4-5-10(11)14/h2-7H,1H3,(H,17,18)(H2,15,19,20). The van der Waals surface area contributed by atoms with Crippen molar-refractivity contribution >= 4 is 21.6 Å². The summed E-state index contributed by atoms with van der Waals surface area (Å²) in [5.74, 6) is -1.41. The van der Waals surface area contributed by atoms with Crippen LogP contribution in [0.15, 0.2) is 41.4 Å². The van der Waals surface area contributed by atoms with Gasteiger partial charge < -0.3 is 5.32 Å². The van der Waals surface area contributed by atoms with Gasteiger partial charge in [-0.25, -0.2) is 17.9 Å². The molecule has 2 rings (SSSR count). The van der Waals surface area contributed by atoms with Crippen molar-refractivity contribution in [1.29, 1.82) is 0 Å². The predicted molar refractivity (Wildman–Crippen MR) is 74.7 cm³/mol. The molecular formula is C13H12FN3O3S. The van der Waals surface area contributed by atoms with E-state index in [0.717, 1.165) is 18.2 Å². The lowest BCUT2D eigenvalue weighted by atomic mass is 10.2. The highest BCUT2D eigenvalue weighted by Gasteiger charge is 2.16. The van der Waals surface area contributed by atoms with E-state index < -0.39 is 21.7 Å². The molecule has 21 heavy (non-hydrogen) atoms. The van der Waals surface area contributed by atoms with Crippen molar-refractivity contribution in [2.75, 3.05) is 5.32 Å². The molecule has 3 N–H and O–H groups in total. The third-order valence-corrected chi connectivity index (χ3v) is 3.65. The SMILES string of the molecule is Cc1cccnc1C(=O)Nc1cc(S(N)(=O)=O)ccc1F. The van der Waals surface area contributed by atoms with Gasteiger partial charge in [0, 0.05) is 6.20 Å². The van der Waals surface area contributed by atoms with E-state index >= 15 is 0 Å². The molecule has 0 aliphatic rings. The Balaban J connectivity index is 2.36. The van der Waals surface area contributed by atoms with Crippen LogP contribution in [0.25, 0.3) is 0 Å². The number of carbonyl (C=O) groups excluding carboxylic acids is 1. The molecule has 110 valence electrons. The zero-order valence-electron chi connectivity index (χ0n) is 11.0. The molecule has 0 spiro atoms. The second-order valence-electron chi connectivity index (χ2n) is 4.31. The number of anilines is 1. The van der Waals surface area contributed by atoms with E-state index in [4.69, 9.17) is 5.14 Å². The van der Waals surface area contributed by atoms with Gasteiger partial charge in [0.1, 0.15) is 11.5 Å². The molecule has 0 saturated heterocycles. The van der Waals surface area contributed by atoms with Gasteiger partial charge in [-0.15, -0.1) is 0 Å². The molecule has 0 atom stereocenters. The number of amides is 1. The van der Waals surface area contributed by atoms with E-state index in [1.165, 1.54) is 6.20 Å². The fourth-order valence-electron chi connectivity index (χ4n) is 1.68. The van der Waals surface area contributed by atoms with E-state index in [1.54, 1.807) is 19.1 Å². The van der Waals surface area contributed by atoms with Gasteiger partial charge in [-0.05, 0) is 36.8 Å². The first kappa shape index (κ1) is 15.1. The van der Waals surface area contributed by atoms with Gasteiger partial charge in [-0.1, -0.05) is 6.07 Å². The Kier molecular flexibility index (Phi) is 4.01. The fraction of sp³-hybridized carbons (Fsp3) is 0.0769. The van der Waals surface area contributed by atoms with Gasteiger partial charge in [0.2, 0.25) is 10.0 Å². The van der Waals surface area contributed by atoms with Crippen molar-refractivity contribution in [1.82, 2.24) is 4.98 Å². The number of pyridine rings is 1. The van der Waals surface area contributed by atoms with Crippen LogP contribution < -0.4 is 10.5 Å².